The molecule has 9 heteroatoms. The van der Waals surface area contributed by atoms with E-state index in [1.165, 1.54) is 19.2 Å². The van der Waals surface area contributed by atoms with E-state index >= 15 is 0 Å². The number of nitrogens with one attached hydrogen (secondary N) is 1. The van der Waals surface area contributed by atoms with Crippen molar-refractivity contribution in [3.8, 4) is 11.5 Å². The maximum Gasteiger partial charge on any atom is 0.264 e. The van der Waals surface area contributed by atoms with Gasteiger partial charge in [0.1, 0.15) is 18.0 Å². The zero-order valence-corrected chi connectivity index (χ0v) is 20.9. The average Bonchev–Trinajstić information content (AvgIpc) is 2.78. The third-order valence-corrected chi connectivity index (χ3v) is 7.14. The van der Waals surface area contributed by atoms with Crippen molar-refractivity contribution in [2.24, 2.45) is 0 Å². The topological polar surface area (TPSA) is 84.9 Å². The standard InChI is InChI=1S/C24H25BrN2O5S/c1-4-32-20-7-5-6-18(14-20)26-24(28)16-27(19-10-8-17(2)9-11-19)33(29,30)21-12-13-23(31-3)22(25)15-21/h5-15H,4,16H2,1-3H3,(H,26,28). The number of amides is 1. The normalized spacial score (nSPS) is 11.0. The van der Waals surface area contributed by atoms with Crippen molar-refractivity contribution in [1.29, 1.82) is 0 Å². The zero-order valence-electron chi connectivity index (χ0n) is 18.5. The van der Waals surface area contributed by atoms with Crippen LogP contribution < -0.4 is 19.1 Å². The second-order valence-electron chi connectivity index (χ2n) is 7.15. The number of benzene rings is 3. The van der Waals surface area contributed by atoms with E-state index in [2.05, 4.69) is 21.2 Å². The van der Waals surface area contributed by atoms with E-state index in [9.17, 15) is 13.2 Å². The third-order valence-electron chi connectivity index (χ3n) is 4.75. The predicted octanol–water partition coefficient (Wildman–Crippen LogP) is 5.00. The second kappa shape index (κ2) is 10.7. The minimum absolute atomic E-state index is 0.0295. The molecule has 7 nitrogen and oxygen atoms in total. The Morgan fingerprint density at radius 2 is 1.79 bits per heavy atom. The van der Waals surface area contributed by atoms with Crippen molar-refractivity contribution < 1.29 is 22.7 Å². The van der Waals surface area contributed by atoms with Crippen molar-refractivity contribution in [3.63, 3.8) is 0 Å². The van der Waals surface area contributed by atoms with Crippen LogP contribution in [0.2, 0.25) is 0 Å². The fraction of sp³-hybridized carbons (Fsp3) is 0.208. The number of methoxy groups -OCH3 is 1. The number of nitrogens with zero attached hydrogens (tertiary/aromatic N) is 1. The highest BCUT2D eigenvalue weighted by Crippen LogP contribution is 2.31. The molecule has 0 radical (unpaired) electrons. The summed E-state index contributed by atoms with van der Waals surface area (Å²) in [6.45, 7) is 3.86. The molecule has 174 valence electrons. The van der Waals surface area contributed by atoms with Gasteiger partial charge in [-0.25, -0.2) is 8.42 Å². The number of ether oxygens (including phenoxy) is 2. The summed E-state index contributed by atoms with van der Waals surface area (Å²) in [5.41, 5.74) is 1.87. The van der Waals surface area contributed by atoms with Crippen LogP contribution in [0.4, 0.5) is 11.4 Å². The summed E-state index contributed by atoms with van der Waals surface area (Å²) in [5.74, 6) is 0.629. The van der Waals surface area contributed by atoms with Gasteiger partial charge in [-0.2, -0.15) is 0 Å². The van der Waals surface area contributed by atoms with Gasteiger partial charge in [0.25, 0.3) is 10.0 Å². The molecule has 0 unspecified atom stereocenters. The van der Waals surface area contributed by atoms with E-state index in [4.69, 9.17) is 9.47 Å². The summed E-state index contributed by atoms with van der Waals surface area (Å²) < 4.78 is 39.4. The van der Waals surface area contributed by atoms with Gasteiger partial charge in [-0.1, -0.05) is 23.8 Å². The van der Waals surface area contributed by atoms with Crippen molar-refractivity contribution >= 4 is 43.2 Å². The van der Waals surface area contributed by atoms with Crippen LogP contribution in [0.15, 0.2) is 76.1 Å². The molecule has 3 aromatic carbocycles. The van der Waals surface area contributed by atoms with Gasteiger partial charge < -0.3 is 14.8 Å². The number of carbonyl (C=O) groups excluding carboxylic acids is 1. The van der Waals surface area contributed by atoms with E-state index in [0.717, 1.165) is 9.87 Å². The maximum atomic E-state index is 13.6. The van der Waals surface area contributed by atoms with Crippen LogP contribution in [0.25, 0.3) is 0 Å². The Balaban J connectivity index is 1.93. The number of carbonyl (C=O) groups is 1. The first-order valence-electron chi connectivity index (χ1n) is 10.2. The van der Waals surface area contributed by atoms with Crippen LogP contribution >= 0.6 is 15.9 Å². The predicted molar refractivity (Wildman–Crippen MR) is 133 cm³/mol. The van der Waals surface area contributed by atoms with Gasteiger partial charge >= 0.3 is 0 Å². The molecule has 0 saturated carbocycles. The van der Waals surface area contributed by atoms with Crippen LogP contribution in [0.3, 0.4) is 0 Å². The molecule has 0 heterocycles. The lowest BCUT2D eigenvalue weighted by Gasteiger charge is -2.24. The molecule has 0 aliphatic carbocycles. The van der Waals surface area contributed by atoms with Crippen LogP contribution in [0.5, 0.6) is 11.5 Å². The number of rotatable bonds is 9. The number of aryl methyl sites for hydroxylation is 1. The lowest BCUT2D eigenvalue weighted by molar-refractivity contribution is -0.114. The van der Waals surface area contributed by atoms with E-state index < -0.39 is 22.5 Å². The fourth-order valence-corrected chi connectivity index (χ4v) is 5.26. The molecule has 1 amide bonds. The Bertz CT molecular complexity index is 1230. The molecule has 3 aromatic rings. The highest BCUT2D eigenvalue weighted by atomic mass is 79.9. The van der Waals surface area contributed by atoms with Crippen molar-refractivity contribution in [1.82, 2.24) is 0 Å². The number of hydrogen-bond acceptors (Lipinski definition) is 5. The first-order valence-corrected chi connectivity index (χ1v) is 12.4. The quantitative estimate of drug-likeness (QED) is 0.419. The number of anilines is 2. The largest absolute Gasteiger partial charge is 0.496 e. The van der Waals surface area contributed by atoms with Crippen molar-refractivity contribution in [2.45, 2.75) is 18.7 Å². The molecule has 0 aromatic heterocycles. The molecular weight excluding hydrogens is 508 g/mol. The Morgan fingerprint density at radius 1 is 1.06 bits per heavy atom. The van der Waals surface area contributed by atoms with E-state index in [1.807, 2.05) is 13.8 Å². The summed E-state index contributed by atoms with van der Waals surface area (Å²) in [4.78, 5) is 12.9. The molecule has 0 aliphatic heterocycles. The van der Waals surface area contributed by atoms with Crippen LogP contribution in [0.1, 0.15) is 12.5 Å². The highest BCUT2D eigenvalue weighted by molar-refractivity contribution is 9.10. The third kappa shape index (κ3) is 6.06. The number of sulfonamides is 1. The van der Waals surface area contributed by atoms with E-state index in [0.29, 0.717) is 34.0 Å². The number of hydrogen-bond donors (Lipinski definition) is 1. The molecular formula is C24H25BrN2O5S. The monoisotopic (exact) mass is 532 g/mol. The summed E-state index contributed by atoms with van der Waals surface area (Å²) in [7, 11) is -2.56. The summed E-state index contributed by atoms with van der Waals surface area (Å²) >= 11 is 3.33. The SMILES string of the molecule is CCOc1cccc(NC(=O)CN(c2ccc(C)cc2)S(=O)(=O)c2ccc(OC)c(Br)c2)c1. The van der Waals surface area contributed by atoms with Gasteiger partial charge in [0.2, 0.25) is 5.91 Å². The molecule has 0 aliphatic rings. The molecule has 0 bridgehead atoms. The van der Waals surface area contributed by atoms with E-state index in [1.54, 1.807) is 54.6 Å². The second-order valence-corrected chi connectivity index (χ2v) is 9.87. The maximum absolute atomic E-state index is 13.6. The summed E-state index contributed by atoms with van der Waals surface area (Å²) in [6.07, 6.45) is 0. The molecule has 0 saturated heterocycles. The average molecular weight is 533 g/mol. The molecule has 33 heavy (non-hydrogen) atoms. The zero-order chi connectivity index (χ0) is 24.0. The molecule has 0 fully saturated rings. The lowest BCUT2D eigenvalue weighted by atomic mass is 10.2. The molecule has 0 spiro atoms. The van der Waals surface area contributed by atoms with Crippen LogP contribution in [0, 0.1) is 6.92 Å². The Kier molecular flexibility index (Phi) is 7.99. The molecule has 1 N–H and O–H groups in total. The molecule has 0 atom stereocenters. The first-order chi connectivity index (χ1) is 15.7. The minimum Gasteiger partial charge on any atom is -0.496 e. The lowest BCUT2D eigenvalue weighted by Crippen LogP contribution is -2.38. The molecule has 3 rings (SSSR count). The fourth-order valence-electron chi connectivity index (χ4n) is 3.12. The van der Waals surface area contributed by atoms with Gasteiger partial charge in [-0.15, -0.1) is 0 Å². The van der Waals surface area contributed by atoms with Gasteiger partial charge in [0.15, 0.2) is 0 Å². The Labute approximate surface area is 202 Å². The van der Waals surface area contributed by atoms with Crippen molar-refractivity contribution in [3.05, 3.63) is 76.8 Å². The van der Waals surface area contributed by atoms with E-state index in [-0.39, 0.29) is 4.90 Å². The summed E-state index contributed by atoms with van der Waals surface area (Å²) in [5, 5.41) is 2.75. The highest BCUT2D eigenvalue weighted by Gasteiger charge is 2.28. The van der Waals surface area contributed by atoms with Gasteiger partial charge in [-0.3, -0.25) is 9.10 Å². The Hall–Kier alpha value is -3.04. The number of halogens is 1. The summed E-state index contributed by atoms with van der Waals surface area (Å²) in [6, 6.07) is 18.3. The van der Waals surface area contributed by atoms with Crippen LogP contribution in [-0.2, 0) is 14.8 Å². The van der Waals surface area contributed by atoms with Crippen LogP contribution in [-0.4, -0.2) is 34.6 Å². The Morgan fingerprint density at radius 3 is 2.42 bits per heavy atom. The van der Waals surface area contributed by atoms with Crippen molar-refractivity contribution in [2.75, 3.05) is 29.9 Å². The van der Waals surface area contributed by atoms with Gasteiger partial charge in [0, 0.05) is 11.8 Å². The van der Waals surface area contributed by atoms with Gasteiger partial charge in [-0.05, 0) is 72.2 Å². The minimum atomic E-state index is -4.06. The first kappa shape index (κ1) is 24.6. The van der Waals surface area contributed by atoms with Gasteiger partial charge in [0.05, 0.1) is 28.8 Å². The smallest absolute Gasteiger partial charge is 0.264 e.